The molecule has 0 N–H and O–H groups in total. The summed E-state index contributed by atoms with van der Waals surface area (Å²) in [6, 6.07) is 18.5. The van der Waals surface area contributed by atoms with Crippen LogP contribution in [0.5, 0.6) is 0 Å². The highest BCUT2D eigenvalue weighted by Crippen LogP contribution is 2.25. The number of hydrogen-bond acceptors (Lipinski definition) is 1. The lowest BCUT2D eigenvalue weighted by molar-refractivity contribution is 1.03. The standard InChI is InChI=1S/C16H13BrN2/c1-12-18-14-9-5-6-10-15(14)19(12)16(11-17)13-7-3-2-4-8-13/h2-11H,1H3/b16-11-. The van der Waals surface area contributed by atoms with Gasteiger partial charge in [-0.1, -0.05) is 58.4 Å². The molecular weight excluding hydrogens is 300 g/mol. The minimum Gasteiger partial charge on any atom is -0.295 e. The molecule has 0 saturated heterocycles. The molecule has 0 spiro atoms. The maximum atomic E-state index is 4.61. The maximum absolute atomic E-state index is 4.61. The first-order chi connectivity index (χ1) is 9.31. The zero-order chi connectivity index (χ0) is 13.2. The van der Waals surface area contributed by atoms with Gasteiger partial charge in [0, 0.05) is 4.99 Å². The van der Waals surface area contributed by atoms with Crippen LogP contribution in [0.15, 0.2) is 59.6 Å². The smallest absolute Gasteiger partial charge is 0.111 e. The topological polar surface area (TPSA) is 17.8 Å². The second-order valence-corrected chi connectivity index (χ2v) is 4.80. The number of fused-ring (bicyclic) bond motifs is 1. The Balaban J connectivity index is 2.26. The summed E-state index contributed by atoms with van der Waals surface area (Å²) in [6.07, 6.45) is 0. The molecule has 94 valence electrons. The van der Waals surface area contributed by atoms with E-state index in [0.717, 1.165) is 28.1 Å². The Bertz CT molecular complexity index is 742. The molecule has 19 heavy (non-hydrogen) atoms. The van der Waals surface area contributed by atoms with Gasteiger partial charge in [0.05, 0.1) is 16.7 Å². The van der Waals surface area contributed by atoms with Gasteiger partial charge in [0.25, 0.3) is 0 Å². The van der Waals surface area contributed by atoms with Crippen molar-refractivity contribution in [1.82, 2.24) is 9.55 Å². The number of nitrogens with zero attached hydrogens (tertiary/aromatic N) is 2. The van der Waals surface area contributed by atoms with Gasteiger partial charge in [-0.05, 0) is 24.6 Å². The minimum atomic E-state index is 0.982. The zero-order valence-electron chi connectivity index (χ0n) is 10.5. The van der Waals surface area contributed by atoms with Crippen molar-refractivity contribution in [3.8, 4) is 0 Å². The third-order valence-electron chi connectivity index (χ3n) is 3.14. The number of aryl methyl sites for hydroxylation is 1. The first-order valence-electron chi connectivity index (χ1n) is 6.11. The monoisotopic (exact) mass is 312 g/mol. The van der Waals surface area contributed by atoms with Crippen molar-refractivity contribution in [2.75, 3.05) is 0 Å². The molecule has 0 fully saturated rings. The van der Waals surface area contributed by atoms with Crippen molar-refractivity contribution in [3.05, 3.63) is 71.0 Å². The van der Waals surface area contributed by atoms with Gasteiger partial charge in [-0.25, -0.2) is 4.98 Å². The van der Waals surface area contributed by atoms with Crippen molar-refractivity contribution >= 4 is 32.7 Å². The lowest BCUT2D eigenvalue weighted by Crippen LogP contribution is -2.00. The molecule has 0 amide bonds. The highest BCUT2D eigenvalue weighted by Gasteiger charge is 2.11. The highest BCUT2D eigenvalue weighted by molar-refractivity contribution is 9.11. The van der Waals surface area contributed by atoms with Crippen molar-refractivity contribution in [1.29, 1.82) is 0 Å². The summed E-state index contributed by atoms with van der Waals surface area (Å²) < 4.78 is 2.17. The van der Waals surface area contributed by atoms with Crippen LogP contribution in [0.2, 0.25) is 0 Å². The van der Waals surface area contributed by atoms with Crippen LogP contribution >= 0.6 is 15.9 Å². The van der Waals surface area contributed by atoms with E-state index in [1.807, 2.05) is 48.3 Å². The first-order valence-corrected chi connectivity index (χ1v) is 7.03. The van der Waals surface area contributed by atoms with Gasteiger partial charge >= 0.3 is 0 Å². The average Bonchev–Trinajstić information content (AvgIpc) is 2.78. The fourth-order valence-corrected chi connectivity index (χ4v) is 2.77. The van der Waals surface area contributed by atoms with Gasteiger partial charge in [0.2, 0.25) is 0 Å². The molecule has 0 unspecified atom stereocenters. The van der Waals surface area contributed by atoms with Gasteiger partial charge in [-0.15, -0.1) is 0 Å². The van der Waals surface area contributed by atoms with E-state index in [0.29, 0.717) is 0 Å². The third-order valence-corrected chi connectivity index (χ3v) is 3.58. The van der Waals surface area contributed by atoms with Crippen LogP contribution in [0, 0.1) is 6.92 Å². The Morgan fingerprint density at radius 2 is 1.74 bits per heavy atom. The molecule has 1 heterocycles. The van der Waals surface area contributed by atoms with Crippen LogP contribution in [0.4, 0.5) is 0 Å². The molecule has 0 aliphatic rings. The van der Waals surface area contributed by atoms with E-state index >= 15 is 0 Å². The van der Waals surface area contributed by atoms with E-state index in [4.69, 9.17) is 0 Å². The van der Waals surface area contributed by atoms with E-state index in [9.17, 15) is 0 Å². The van der Waals surface area contributed by atoms with Crippen LogP contribution in [0.3, 0.4) is 0 Å². The summed E-state index contributed by atoms with van der Waals surface area (Å²) in [5.74, 6) is 0.982. The van der Waals surface area contributed by atoms with Crippen LogP contribution in [0.25, 0.3) is 16.7 Å². The minimum absolute atomic E-state index is 0.982. The summed E-state index contributed by atoms with van der Waals surface area (Å²) in [5, 5.41) is 0. The number of benzene rings is 2. The quantitative estimate of drug-likeness (QED) is 0.677. The lowest BCUT2D eigenvalue weighted by atomic mass is 10.1. The molecule has 2 aromatic carbocycles. The SMILES string of the molecule is Cc1nc2ccccc2n1/C(=C\Br)c1ccccc1. The average molecular weight is 313 g/mol. The summed E-state index contributed by atoms with van der Waals surface area (Å²) >= 11 is 3.48. The molecule has 2 nitrogen and oxygen atoms in total. The Morgan fingerprint density at radius 3 is 2.47 bits per heavy atom. The summed E-state index contributed by atoms with van der Waals surface area (Å²) in [4.78, 5) is 6.56. The van der Waals surface area contributed by atoms with Gasteiger partial charge in [0.15, 0.2) is 0 Å². The number of aromatic nitrogens is 2. The van der Waals surface area contributed by atoms with E-state index in [1.54, 1.807) is 0 Å². The molecule has 3 heteroatoms. The van der Waals surface area contributed by atoms with E-state index in [1.165, 1.54) is 0 Å². The van der Waals surface area contributed by atoms with E-state index in [2.05, 4.69) is 43.7 Å². The van der Waals surface area contributed by atoms with Crippen LogP contribution < -0.4 is 0 Å². The number of imidazole rings is 1. The molecular formula is C16H13BrN2. The second-order valence-electron chi connectivity index (χ2n) is 4.34. The Labute approximate surface area is 120 Å². The van der Waals surface area contributed by atoms with Crippen molar-refractivity contribution in [3.63, 3.8) is 0 Å². The van der Waals surface area contributed by atoms with Gasteiger partial charge in [0.1, 0.15) is 5.82 Å². The maximum Gasteiger partial charge on any atom is 0.111 e. The van der Waals surface area contributed by atoms with Crippen LogP contribution in [-0.4, -0.2) is 9.55 Å². The molecule has 0 radical (unpaired) electrons. The number of rotatable bonds is 2. The van der Waals surface area contributed by atoms with Crippen molar-refractivity contribution in [2.24, 2.45) is 0 Å². The van der Waals surface area contributed by atoms with Gasteiger partial charge in [-0.3, -0.25) is 4.57 Å². The highest BCUT2D eigenvalue weighted by atomic mass is 79.9. The Hall–Kier alpha value is -1.87. The molecule has 0 aliphatic carbocycles. The Kier molecular flexibility index (Phi) is 3.22. The molecule has 0 atom stereocenters. The molecule has 1 aromatic heterocycles. The van der Waals surface area contributed by atoms with Crippen LogP contribution in [0.1, 0.15) is 11.4 Å². The number of para-hydroxylation sites is 2. The molecule has 3 aromatic rings. The normalized spacial score (nSPS) is 12.0. The summed E-state index contributed by atoms with van der Waals surface area (Å²) in [7, 11) is 0. The second kappa shape index (κ2) is 5.02. The zero-order valence-corrected chi connectivity index (χ0v) is 12.1. The summed E-state index contributed by atoms with van der Waals surface area (Å²) in [5.41, 5.74) is 4.38. The first kappa shape index (κ1) is 12.2. The third kappa shape index (κ3) is 2.10. The number of halogens is 1. The Morgan fingerprint density at radius 1 is 1.05 bits per heavy atom. The predicted molar refractivity (Wildman–Crippen MR) is 83.2 cm³/mol. The van der Waals surface area contributed by atoms with Crippen LogP contribution in [-0.2, 0) is 0 Å². The molecule has 0 saturated carbocycles. The van der Waals surface area contributed by atoms with Gasteiger partial charge in [-0.2, -0.15) is 0 Å². The fraction of sp³-hybridized carbons (Fsp3) is 0.0625. The van der Waals surface area contributed by atoms with Crippen molar-refractivity contribution < 1.29 is 0 Å². The molecule has 0 bridgehead atoms. The van der Waals surface area contributed by atoms with E-state index < -0.39 is 0 Å². The van der Waals surface area contributed by atoms with Gasteiger partial charge < -0.3 is 0 Å². The van der Waals surface area contributed by atoms with Crippen molar-refractivity contribution in [2.45, 2.75) is 6.92 Å². The summed E-state index contributed by atoms with van der Waals surface area (Å²) in [6.45, 7) is 2.03. The predicted octanol–water partition coefficient (Wildman–Crippen LogP) is 4.59. The molecule has 0 aliphatic heterocycles. The fourth-order valence-electron chi connectivity index (χ4n) is 2.30. The number of hydrogen-bond donors (Lipinski definition) is 0. The molecule has 3 rings (SSSR count). The van der Waals surface area contributed by atoms with E-state index in [-0.39, 0.29) is 0 Å². The largest absolute Gasteiger partial charge is 0.295 e. The lowest BCUT2D eigenvalue weighted by Gasteiger charge is -2.11.